The van der Waals surface area contributed by atoms with Gasteiger partial charge in [0.2, 0.25) is 10.0 Å². The van der Waals surface area contributed by atoms with Crippen molar-refractivity contribution in [1.29, 1.82) is 0 Å². The Morgan fingerprint density at radius 2 is 2.14 bits per heavy atom. The molecule has 1 aliphatic heterocycles. The number of sulfonamides is 1. The first-order valence-electron chi connectivity index (χ1n) is 6.99. The van der Waals surface area contributed by atoms with Gasteiger partial charge in [-0.2, -0.15) is 4.31 Å². The molecule has 0 saturated carbocycles. The van der Waals surface area contributed by atoms with Gasteiger partial charge in [0.1, 0.15) is 4.90 Å². The van der Waals surface area contributed by atoms with Crippen molar-refractivity contribution in [2.24, 2.45) is 5.73 Å². The van der Waals surface area contributed by atoms with Gasteiger partial charge in [-0.05, 0) is 37.0 Å². The zero-order chi connectivity index (χ0) is 14.8. The van der Waals surface area contributed by atoms with Gasteiger partial charge in [0.25, 0.3) is 0 Å². The summed E-state index contributed by atoms with van der Waals surface area (Å²) in [6.45, 7) is 2.95. The van der Waals surface area contributed by atoms with E-state index in [1.807, 2.05) is 6.07 Å². The molecule has 0 aliphatic carbocycles. The van der Waals surface area contributed by atoms with Crippen LogP contribution in [-0.2, 0) is 16.4 Å². The molecule has 1 aliphatic rings. The zero-order valence-electron chi connectivity index (χ0n) is 12.1. The minimum absolute atomic E-state index is 0. The maximum atomic E-state index is 12.7. The van der Waals surface area contributed by atoms with Gasteiger partial charge in [-0.1, -0.05) is 31.0 Å². The summed E-state index contributed by atoms with van der Waals surface area (Å²) in [6.07, 6.45) is 3.48. The second-order valence-corrected chi connectivity index (χ2v) is 7.59. The highest BCUT2D eigenvalue weighted by molar-refractivity contribution is 7.89. The summed E-state index contributed by atoms with van der Waals surface area (Å²) >= 11 is 6.10. The molecule has 7 heteroatoms. The predicted molar refractivity (Wildman–Crippen MR) is 88.7 cm³/mol. The molecular weight excluding hydrogens is 331 g/mol. The first-order chi connectivity index (χ1) is 9.45. The molecule has 0 radical (unpaired) electrons. The Labute approximate surface area is 138 Å². The summed E-state index contributed by atoms with van der Waals surface area (Å²) in [5.41, 5.74) is 6.87. The van der Waals surface area contributed by atoms with Gasteiger partial charge < -0.3 is 5.73 Å². The third-order valence-corrected chi connectivity index (χ3v) is 5.92. The van der Waals surface area contributed by atoms with Gasteiger partial charge in [0.15, 0.2) is 0 Å². The Bertz CT molecular complexity index is 578. The van der Waals surface area contributed by atoms with Crippen molar-refractivity contribution in [2.45, 2.75) is 43.5 Å². The van der Waals surface area contributed by atoms with Crippen LogP contribution >= 0.6 is 24.0 Å². The van der Waals surface area contributed by atoms with Gasteiger partial charge in [-0.3, -0.25) is 0 Å². The fraction of sp³-hybridized carbons (Fsp3) is 0.571. The lowest BCUT2D eigenvalue weighted by atomic mass is 10.1. The van der Waals surface area contributed by atoms with Crippen LogP contribution in [0.15, 0.2) is 23.1 Å². The van der Waals surface area contributed by atoms with Gasteiger partial charge in [-0.25, -0.2) is 8.42 Å². The van der Waals surface area contributed by atoms with Crippen LogP contribution in [0.25, 0.3) is 0 Å². The highest BCUT2D eigenvalue weighted by Gasteiger charge is 2.30. The molecule has 1 unspecified atom stereocenters. The number of piperidine rings is 1. The molecule has 1 saturated heterocycles. The molecule has 1 fully saturated rings. The molecule has 1 heterocycles. The number of nitrogens with two attached hydrogens (primary N) is 1. The van der Waals surface area contributed by atoms with Crippen LogP contribution in [0.3, 0.4) is 0 Å². The summed E-state index contributed by atoms with van der Waals surface area (Å²) in [6, 6.07) is 5.16. The second-order valence-electron chi connectivity index (χ2n) is 5.28. The van der Waals surface area contributed by atoms with E-state index in [2.05, 4.69) is 6.92 Å². The van der Waals surface area contributed by atoms with Crippen molar-refractivity contribution < 1.29 is 8.42 Å². The minimum atomic E-state index is -3.55. The maximum absolute atomic E-state index is 12.7. The van der Waals surface area contributed by atoms with Gasteiger partial charge in [0, 0.05) is 19.1 Å². The molecule has 0 aromatic heterocycles. The number of hydrogen-bond acceptors (Lipinski definition) is 3. The topological polar surface area (TPSA) is 63.4 Å². The summed E-state index contributed by atoms with van der Waals surface area (Å²) in [5, 5.41) is 0.281. The van der Waals surface area contributed by atoms with Gasteiger partial charge in [-0.15, -0.1) is 12.4 Å². The number of rotatable bonds is 4. The highest BCUT2D eigenvalue weighted by atomic mass is 35.5. The first kappa shape index (κ1) is 18.7. The number of halogens is 2. The van der Waals surface area contributed by atoms with Gasteiger partial charge in [0.05, 0.1) is 5.02 Å². The Balaban J connectivity index is 0.00000220. The fourth-order valence-electron chi connectivity index (χ4n) is 2.52. The van der Waals surface area contributed by atoms with Crippen molar-refractivity contribution in [3.63, 3.8) is 0 Å². The Morgan fingerprint density at radius 3 is 2.76 bits per heavy atom. The van der Waals surface area contributed by atoms with Gasteiger partial charge >= 0.3 is 0 Å². The fourth-order valence-corrected chi connectivity index (χ4v) is 4.58. The standard InChI is InChI=1S/C14H21ClN2O2S.ClH/c1-2-4-11-6-7-13(15)14(9-11)20(18,19)17-8-3-5-12(16)10-17;/h6-7,9,12H,2-5,8,10,16H2,1H3;1H. The van der Waals surface area contributed by atoms with Crippen molar-refractivity contribution >= 4 is 34.0 Å². The van der Waals surface area contributed by atoms with E-state index in [1.165, 1.54) is 4.31 Å². The molecule has 0 amide bonds. The van der Waals surface area contributed by atoms with Crippen LogP contribution in [0.2, 0.25) is 5.02 Å². The Kier molecular flexibility index (Phi) is 6.94. The van der Waals surface area contributed by atoms with Crippen LogP contribution in [0, 0.1) is 0 Å². The predicted octanol–water partition coefficient (Wildman–Crippen LogP) is 2.83. The molecule has 0 spiro atoms. The smallest absolute Gasteiger partial charge is 0.244 e. The minimum Gasteiger partial charge on any atom is -0.327 e. The van der Waals surface area contributed by atoms with E-state index in [-0.39, 0.29) is 28.4 Å². The van der Waals surface area contributed by atoms with E-state index < -0.39 is 10.0 Å². The summed E-state index contributed by atoms with van der Waals surface area (Å²) in [7, 11) is -3.55. The number of benzene rings is 1. The SMILES string of the molecule is CCCc1ccc(Cl)c(S(=O)(=O)N2CCCC(N)C2)c1.Cl. The largest absolute Gasteiger partial charge is 0.327 e. The van der Waals surface area contributed by atoms with E-state index in [1.54, 1.807) is 12.1 Å². The van der Waals surface area contributed by atoms with Crippen molar-refractivity contribution in [3.05, 3.63) is 28.8 Å². The molecule has 4 nitrogen and oxygen atoms in total. The molecule has 21 heavy (non-hydrogen) atoms. The van der Waals surface area contributed by atoms with E-state index >= 15 is 0 Å². The third-order valence-electron chi connectivity index (χ3n) is 3.57. The molecule has 2 rings (SSSR count). The lowest BCUT2D eigenvalue weighted by molar-refractivity contribution is 0.316. The van der Waals surface area contributed by atoms with E-state index in [4.69, 9.17) is 17.3 Å². The molecule has 1 aromatic rings. The Hall–Kier alpha value is -0.330. The quantitative estimate of drug-likeness (QED) is 0.905. The lowest BCUT2D eigenvalue weighted by Crippen LogP contribution is -2.45. The molecule has 1 atom stereocenters. The summed E-state index contributed by atoms with van der Waals surface area (Å²) in [5.74, 6) is 0. The molecule has 120 valence electrons. The maximum Gasteiger partial charge on any atom is 0.244 e. The van der Waals surface area contributed by atoms with Crippen molar-refractivity contribution in [3.8, 4) is 0 Å². The Morgan fingerprint density at radius 1 is 1.43 bits per heavy atom. The first-order valence-corrected chi connectivity index (χ1v) is 8.81. The molecular formula is C14H22Cl2N2O2S. The molecule has 2 N–H and O–H groups in total. The van der Waals surface area contributed by atoms with E-state index in [0.29, 0.717) is 13.1 Å². The van der Waals surface area contributed by atoms with Crippen LogP contribution < -0.4 is 5.73 Å². The lowest BCUT2D eigenvalue weighted by Gasteiger charge is -2.30. The third kappa shape index (κ3) is 4.33. The van der Waals surface area contributed by atoms with Crippen LogP contribution in [0.5, 0.6) is 0 Å². The van der Waals surface area contributed by atoms with E-state index in [0.717, 1.165) is 31.2 Å². The number of nitrogens with zero attached hydrogens (tertiary/aromatic N) is 1. The second kappa shape index (κ2) is 7.79. The highest BCUT2D eigenvalue weighted by Crippen LogP contribution is 2.28. The molecule has 0 bridgehead atoms. The van der Waals surface area contributed by atoms with Crippen molar-refractivity contribution in [2.75, 3.05) is 13.1 Å². The van der Waals surface area contributed by atoms with Crippen molar-refractivity contribution in [1.82, 2.24) is 4.31 Å². The van der Waals surface area contributed by atoms with Crippen LogP contribution in [0.1, 0.15) is 31.7 Å². The summed E-state index contributed by atoms with van der Waals surface area (Å²) in [4.78, 5) is 0.208. The van der Waals surface area contributed by atoms with Crippen LogP contribution in [0.4, 0.5) is 0 Å². The normalized spacial score (nSPS) is 20.0. The monoisotopic (exact) mass is 352 g/mol. The molecule has 1 aromatic carbocycles. The van der Waals surface area contributed by atoms with Crippen LogP contribution in [-0.4, -0.2) is 31.9 Å². The average molecular weight is 353 g/mol. The average Bonchev–Trinajstić information content (AvgIpc) is 2.41. The zero-order valence-corrected chi connectivity index (χ0v) is 14.5. The van der Waals surface area contributed by atoms with E-state index in [9.17, 15) is 8.42 Å². The summed E-state index contributed by atoms with van der Waals surface area (Å²) < 4.78 is 26.8. The number of hydrogen-bond donors (Lipinski definition) is 1. The number of aryl methyl sites for hydroxylation is 1.